The minimum absolute atomic E-state index is 0.124. The van der Waals surface area contributed by atoms with E-state index < -0.39 is 83.4 Å². The fraction of sp³-hybridized carbons (Fsp3) is 0.795. The van der Waals surface area contributed by atoms with Crippen LogP contribution < -0.4 is 0 Å². The molecule has 0 aliphatic carbocycles. The van der Waals surface area contributed by atoms with E-state index in [1.54, 1.807) is 37.0 Å². The van der Waals surface area contributed by atoms with E-state index in [0.29, 0.717) is 25.8 Å². The van der Waals surface area contributed by atoms with Crippen molar-refractivity contribution in [1.82, 2.24) is 9.80 Å². The van der Waals surface area contributed by atoms with Crippen LogP contribution in [-0.2, 0) is 44.5 Å². The quantitative estimate of drug-likeness (QED) is 0.190. The first-order valence-corrected chi connectivity index (χ1v) is 19.8. The highest BCUT2D eigenvalue weighted by atomic mass is 32.1. The number of hydrogen-bond donors (Lipinski definition) is 1. The van der Waals surface area contributed by atoms with Gasteiger partial charge in [-0.05, 0) is 91.8 Å². The van der Waals surface area contributed by atoms with Crippen LogP contribution in [0.5, 0.6) is 0 Å². The maximum atomic E-state index is 14.6. The number of aliphatic hydroxyl groups excluding tert-OH is 1. The van der Waals surface area contributed by atoms with E-state index in [0.717, 1.165) is 12.8 Å². The predicted molar refractivity (Wildman–Crippen MR) is 197 cm³/mol. The number of thiophene rings is 1. The molecule has 13 heteroatoms. The summed E-state index contributed by atoms with van der Waals surface area (Å²) in [6.45, 7) is 14.4. The lowest BCUT2D eigenvalue weighted by atomic mass is 9.73. The summed E-state index contributed by atoms with van der Waals surface area (Å²) in [5.41, 5.74) is -2.60. The summed E-state index contributed by atoms with van der Waals surface area (Å²) in [6.07, 6.45) is -1.44. The van der Waals surface area contributed by atoms with E-state index in [-0.39, 0.29) is 24.3 Å². The summed E-state index contributed by atoms with van der Waals surface area (Å²) < 4.78 is 31.1. The lowest BCUT2D eigenvalue weighted by Crippen LogP contribution is -2.60. The Labute approximate surface area is 313 Å². The van der Waals surface area contributed by atoms with Crippen LogP contribution in [0.2, 0.25) is 0 Å². The molecule has 294 valence electrons. The lowest BCUT2D eigenvalue weighted by molar-refractivity contribution is -0.295. The molecule has 13 atom stereocenters. The number of ketones is 2. The van der Waals surface area contributed by atoms with Gasteiger partial charge in [-0.2, -0.15) is 0 Å². The minimum atomic E-state index is -1.35. The van der Waals surface area contributed by atoms with E-state index in [4.69, 9.17) is 23.7 Å². The van der Waals surface area contributed by atoms with Gasteiger partial charge in [-0.25, -0.2) is 4.79 Å². The van der Waals surface area contributed by atoms with Crippen LogP contribution in [0.4, 0.5) is 4.79 Å². The number of hydrogen-bond acceptors (Lipinski definition) is 12. The van der Waals surface area contributed by atoms with Crippen LogP contribution in [-0.4, -0.2) is 120 Å². The number of likely N-dealkylation sites (N-methyl/N-ethyl adjacent to an activating group) is 1. The topological polar surface area (TPSA) is 141 Å². The number of aliphatic hydroxyl groups is 1. The molecule has 12 nitrogen and oxygen atoms in total. The zero-order chi connectivity index (χ0) is 38.7. The Kier molecular flexibility index (Phi) is 14.1. The molecule has 4 rings (SSSR count). The van der Waals surface area contributed by atoms with Crippen LogP contribution in [0.3, 0.4) is 0 Å². The molecular weight excluding hydrogens is 689 g/mol. The largest absolute Gasteiger partial charge is 0.458 e. The third-order valence-electron chi connectivity index (χ3n) is 11.8. The number of ether oxygens (including phenoxy) is 5. The van der Waals surface area contributed by atoms with Gasteiger partial charge < -0.3 is 38.6 Å². The van der Waals surface area contributed by atoms with Crippen molar-refractivity contribution in [3.05, 3.63) is 22.4 Å². The fourth-order valence-electron chi connectivity index (χ4n) is 8.75. The predicted octanol–water partition coefficient (Wildman–Crippen LogP) is 5.27. The number of carbonyl (C=O) groups excluding carboxylic acids is 4. The first kappa shape index (κ1) is 42.3. The number of nitrogens with zero attached hydrogens (tertiary/aromatic N) is 2. The molecule has 1 aromatic heterocycles. The van der Waals surface area contributed by atoms with Crippen LogP contribution in [0.25, 0.3) is 0 Å². The smallest absolute Gasteiger partial charge is 0.410 e. The number of methoxy groups -OCH3 is 1. The summed E-state index contributed by atoms with van der Waals surface area (Å²) >= 11 is 1.69. The van der Waals surface area contributed by atoms with E-state index in [1.165, 1.54) is 18.9 Å². The number of esters is 1. The number of aryl methyl sites for hydroxylation is 1. The molecule has 3 fully saturated rings. The van der Waals surface area contributed by atoms with Crippen LogP contribution in [0, 0.1) is 23.7 Å². The highest BCUT2D eigenvalue weighted by Crippen LogP contribution is 2.43. The normalized spacial score (nSPS) is 39.6. The first-order valence-electron chi connectivity index (χ1n) is 18.9. The van der Waals surface area contributed by atoms with Gasteiger partial charge >= 0.3 is 12.1 Å². The lowest BCUT2D eigenvalue weighted by Gasteiger charge is -2.47. The van der Waals surface area contributed by atoms with E-state index in [9.17, 15) is 24.3 Å². The second kappa shape index (κ2) is 17.4. The van der Waals surface area contributed by atoms with Crippen LogP contribution in [0.1, 0.15) is 92.4 Å². The molecule has 0 saturated carbocycles. The van der Waals surface area contributed by atoms with Crippen molar-refractivity contribution < 1.29 is 48.0 Å². The van der Waals surface area contributed by atoms with Crippen molar-refractivity contribution in [2.24, 2.45) is 23.7 Å². The molecule has 1 amide bonds. The molecule has 3 aliphatic rings. The van der Waals surface area contributed by atoms with Gasteiger partial charge in [0.25, 0.3) is 0 Å². The van der Waals surface area contributed by atoms with Crippen molar-refractivity contribution in [2.75, 3.05) is 27.7 Å². The Morgan fingerprint density at radius 1 is 1.04 bits per heavy atom. The highest BCUT2D eigenvalue weighted by Gasteiger charge is 2.60. The molecule has 1 aromatic rings. The Morgan fingerprint density at radius 2 is 1.73 bits per heavy atom. The molecule has 3 saturated heterocycles. The number of carbonyl (C=O) groups is 4. The number of amides is 1. The second-order valence-electron chi connectivity index (χ2n) is 15.9. The number of Topliss-reactive ketones (excluding diaryl/α,β-unsaturated/α-hetero) is 2. The Morgan fingerprint density at radius 3 is 2.33 bits per heavy atom. The molecule has 1 N–H and O–H groups in total. The van der Waals surface area contributed by atoms with Gasteiger partial charge in [0.05, 0.1) is 23.9 Å². The number of unbranched alkanes of at least 4 members (excludes halogenated alkanes) is 1. The highest BCUT2D eigenvalue weighted by molar-refractivity contribution is 7.09. The Hall–Kier alpha value is -2.42. The third-order valence-corrected chi connectivity index (χ3v) is 12.7. The zero-order valence-corrected chi connectivity index (χ0v) is 33.8. The molecule has 52 heavy (non-hydrogen) atoms. The Balaban J connectivity index is 1.72. The van der Waals surface area contributed by atoms with Crippen LogP contribution in [0.15, 0.2) is 17.5 Å². The third kappa shape index (κ3) is 8.76. The van der Waals surface area contributed by atoms with Gasteiger partial charge in [-0.3, -0.25) is 14.4 Å². The molecule has 0 radical (unpaired) electrons. The summed E-state index contributed by atoms with van der Waals surface area (Å²) in [5, 5.41) is 13.4. The van der Waals surface area contributed by atoms with E-state index in [1.807, 2.05) is 58.1 Å². The molecule has 0 unspecified atom stereocenters. The zero-order valence-electron chi connectivity index (χ0n) is 33.0. The average Bonchev–Trinajstić information content (AvgIpc) is 3.71. The van der Waals surface area contributed by atoms with Crippen molar-refractivity contribution in [2.45, 2.75) is 148 Å². The van der Waals surface area contributed by atoms with Crippen molar-refractivity contribution in [3.8, 4) is 0 Å². The monoisotopic (exact) mass is 750 g/mol. The van der Waals surface area contributed by atoms with E-state index in [2.05, 4.69) is 6.07 Å². The summed E-state index contributed by atoms with van der Waals surface area (Å²) in [5.74, 6) is -4.78. The SMILES string of the molecule is CC[C@H]1OC(=O)[C@H](C)C(=O)[C@H](C)[C@@H](O[C@@H]2O[C@H](C)C[C@H](N(C)C)[C@H]2O)[C@](C)(OC)C[C@@H](C)C(=O)[C@H](C)[C@@H]2N(CCCCc3cccs3)C(=O)O[C@@]21C. The number of cyclic esters (lactones) is 1. The summed E-state index contributed by atoms with van der Waals surface area (Å²) in [6, 6.07) is 3.11. The van der Waals surface area contributed by atoms with Crippen molar-refractivity contribution in [3.63, 3.8) is 0 Å². The standard InChI is InChI=1S/C39H62N2O10S/c1-12-29-39(8)33(41(37(46)51-39)18-14-13-16-27-17-15-19-52-27)24(4)30(42)22(2)21-38(7,47-11)34(25(5)31(43)26(6)35(45)49-29)50-36-32(44)28(40(9)10)20-23(3)48-36/h15,17,19,22-26,28-29,32-34,36,44H,12-14,16,18,20-21H2,1-11H3/t22-,23-,24+,25+,26-,28+,29-,32-,33+,34-,36+,38-,39-/m1/s1. The number of fused-ring (bicyclic) bond motifs is 1. The number of rotatable bonds is 10. The molecule has 0 bridgehead atoms. The summed E-state index contributed by atoms with van der Waals surface area (Å²) in [4.78, 5) is 61.1. The van der Waals surface area contributed by atoms with Gasteiger partial charge in [0.1, 0.15) is 23.9 Å². The Bertz CT molecular complexity index is 1390. The van der Waals surface area contributed by atoms with Gasteiger partial charge in [0, 0.05) is 42.3 Å². The molecular formula is C39H62N2O10S. The summed E-state index contributed by atoms with van der Waals surface area (Å²) in [7, 11) is 5.26. The maximum absolute atomic E-state index is 14.6. The van der Waals surface area contributed by atoms with Crippen molar-refractivity contribution in [1.29, 1.82) is 0 Å². The van der Waals surface area contributed by atoms with Crippen molar-refractivity contribution >= 4 is 35.0 Å². The first-order chi connectivity index (χ1) is 24.4. The fourth-order valence-corrected chi connectivity index (χ4v) is 9.50. The molecule has 0 spiro atoms. The van der Waals surface area contributed by atoms with Gasteiger partial charge in [0.2, 0.25) is 0 Å². The van der Waals surface area contributed by atoms with Gasteiger partial charge in [-0.15, -0.1) is 11.3 Å². The van der Waals surface area contributed by atoms with Gasteiger partial charge in [-0.1, -0.05) is 33.8 Å². The maximum Gasteiger partial charge on any atom is 0.410 e. The average molecular weight is 751 g/mol. The molecule has 4 heterocycles. The second-order valence-corrected chi connectivity index (χ2v) is 16.9. The molecule has 3 aliphatic heterocycles. The minimum Gasteiger partial charge on any atom is -0.458 e. The van der Waals surface area contributed by atoms with Crippen LogP contribution >= 0.6 is 11.3 Å². The molecule has 0 aromatic carbocycles. The van der Waals surface area contributed by atoms with Gasteiger partial charge in [0.15, 0.2) is 17.7 Å². The van der Waals surface area contributed by atoms with E-state index >= 15 is 0 Å².